The van der Waals surface area contributed by atoms with Crippen molar-refractivity contribution in [2.24, 2.45) is 0 Å². The molecule has 0 amide bonds. The Kier molecular flexibility index (Phi) is 6.84. The summed E-state index contributed by atoms with van der Waals surface area (Å²) in [6.45, 7) is 3.76. The second-order valence-electron chi connectivity index (χ2n) is 7.28. The molecule has 4 rings (SSSR count). The Labute approximate surface area is 183 Å². The number of fused-ring (bicyclic) bond motifs is 1. The number of aldehydes is 1. The molecule has 0 bridgehead atoms. The predicted octanol–water partition coefficient (Wildman–Crippen LogP) is 2.57. The first-order valence-electron chi connectivity index (χ1n) is 9.55. The Morgan fingerprint density at radius 1 is 1.30 bits per heavy atom. The molecule has 9 nitrogen and oxygen atoms in total. The van der Waals surface area contributed by atoms with Gasteiger partial charge in [-0.05, 0) is 18.9 Å². The van der Waals surface area contributed by atoms with E-state index in [-0.39, 0.29) is 29.6 Å². The van der Waals surface area contributed by atoms with Crippen LogP contribution in [0.5, 0.6) is 5.75 Å². The minimum atomic E-state index is -1.54. The number of pyridine rings is 2. The highest BCUT2D eigenvalue weighted by Crippen LogP contribution is 2.38. The largest absolute Gasteiger partial charge is 0.511 e. The molecule has 1 saturated carbocycles. The van der Waals surface area contributed by atoms with Crippen LogP contribution in [0.1, 0.15) is 25.3 Å². The normalized spacial score (nSPS) is 16.9. The van der Waals surface area contributed by atoms with Gasteiger partial charge in [0, 0.05) is 45.2 Å². The minimum Gasteiger partial charge on any atom is -0.449 e. The van der Waals surface area contributed by atoms with E-state index in [1.807, 2.05) is 4.57 Å². The molecule has 0 unspecified atom stereocenters. The fourth-order valence-electron chi connectivity index (χ4n) is 3.65. The van der Waals surface area contributed by atoms with Gasteiger partial charge >= 0.3 is 6.16 Å². The van der Waals surface area contributed by atoms with Crippen LogP contribution in [0.25, 0.3) is 11.0 Å². The van der Waals surface area contributed by atoms with E-state index in [0.29, 0.717) is 36.0 Å². The third-order valence-corrected chi connectivity index (χ3v) is 5.56. The fraction of sp³-hybridized carbons (Fsp3) is 0.474. The van der Waals surface area contributed by atoms with Crippen molar-refractivity contribution < 1.29 is 19.4 Å². The zero-order valence-corrected chi connectivity index (χ0v) is 17.7. The molecular formula is C19H22Cl2N4O5. The molecule has 3 heterocycles. The maximum Gasteiger partial charge on any atom is 0.511 e. The number of carboxylic acid groups (broad SMARTS) is 1. The van der Waals surface area contributed by atoms with E-state index in [4.69, 9.17) is 21.7 Å². The van der Waals surface area contributed by atoms with Crippen LogP contribution >= 0.6 is 24.0 Å². The Hall–Kier alpha value is -2.36. The quantitative estimate of drug-likeness (QED) is 0.522. The molecule has 11 heteroatoms. The van der Waals surface area contributed by atoms with Crippen molar-refractivity contribution in [1.29, 1.82) is 0 Å². The summed E-state index contributed by atoms with van der Waals surface area (Å²) in [7, 11) is 0. The van der Waals surface area contributed by atoms with E-state index in [1.165, 1.54) is 6.20 Å². The number of aromatic nitrogens is 2. The van der Waals surface area contributed by atoms with E-state index in [0.717, 1.165) is 38.8 Å². The van der Waals surface area contributed by atoms with Gasteiger partial charge in [0.05, 0.1) is 16.6 Å². The molecule has 0 spiro atoms. The third-order valence-electron chi connectivity index (χ3n) is 5.28. The molecule has 2 aromatic rings. The molecule has 2 aromatic heterocycles. The average Bonchev–Trinajstić information content (AvgIpc) is 3.54. The molecule has 1 aliphatic heterocycles. The van der Waals surface area contributed by atoms with Gasteiger partial charge in [0.2, 0.25) is 5.43 Å². The summed E-state index contributed by atoms with van der Waals surface area (Å²) in [5.74, 6) is 0.362. The summed E-state index contributed by atoms with van der Waals surface area (Å²) in [6.07, 6.45) is 3.20. The summed E-state index contributed by atoms with van der Waals surface area (Å²) in [5.41, 5.74) is -0.0584. The van der Waals surface area contributed by atoms with E-state index < -0.39 is 11.6 Å². The van der Waals surface area contributed by atoms with Crippen LogP contribution in [-0.2, 0) is 4.79 Å². The van der Waals surface area contributed by atoms with Crippen LogP contribution in [0.3, 0.4) is 0 Å². The zero-order valence-electron chi connectivity index (χ0n) is 16.1. The number of carbonyl (C=O) groups excluding carboxylic acids is 1. The Morgan fingerprint density at radius 2 is 2.00 bits per heavy atom. The Bertz CT molecular complexity index is 1020. The topological polar surface area (TPSA) is 105 Å². The van der Waals surface area contributed by atoms with Crippen molar-refractivity contribution in [2.45, 2.75) is 25.3 Å². The summed E-state index contributed by atoms with van der Waals surface area (Å²) >= 11 is 6.46. The summed E-state index contributed by atoms with van der Waals surface area (Å²) < 4.78 is 6.49. The molecule has 1 N–H and O–H groups in total. The highest BCUT2D eigenvalue weighted by atomic mass is 35.5. The van der Waals surface area contributed by atoms with Crippen molar-refractivity contribution in [3.8, 4) is 5.75 Å². The highest BCUT2D eigenvalue weighted by molar-refractivity contribution is 6.33. The molecular weight excluding hydrogens is 435 g/mol. The first kappa shape index (κ1) is 22.3. The second kappa shape index (κ2) is 9.20. The average molecular weight is 457 g/mol. The molecule has 162 valence electrons. The third kappa shape index (κ3) is 4.53. The van der Waals surface area contributed by atoms with Crippen LogP contribution in [0.15, 0.2) is 17.1 Å². The molecule has 30 heavy (non-hydrogen) atoms. The van der Waals surface area contributed by atoms with Crippen molar-refractivity contribution in [2.75, 3.05) is 37.6 Å². The number of rotatable bonds is 6. The van der Waals surface area contributed by atoms with Gasteiger partial charge in [-0.15, -0.1) is 12.4 Å². The van der Waals surface area contributed by atoms with Crippen molar-refractivity contribution in [3.63, 3.8) is 0 Å². The van der Waals surface area contributed by atoms with Gasteiger partial charge in [-0.25, -0.2) is 9.78 Å². The zero-order chi connectivity index (χ0) is 20.5. The van der Waals surface area contributed by atoms with Crippen LogP contribution in [0.4, 0.5) is 10.6 Å². The number of hydrogen-bond acceptors (Lipinski definition) is 7. The SMILES string of the molecule is Cl.O=CCCN1CCN(c2nc3c(cc2Cl)c(=O)c(OC(=O)O)cn3C2CC2)CC1. The van der Waals surface area contributed by atoms with Crippen LogP contribution in [-0.4, -0.2) is 64.7 Å². The van der Waals surface area contributed by atoms with Gasteiger partial charge in [-0.3, -0.25) is 9.69 Å². The first-order chi connectivity index (χ1) is 14.0. The van der Waals surface area contributed by atoms with Gasteiger partial charge in [-0.2, -0.15) is 0 Å². The van der Waals surface area contributed by atoms with Gasteiger partial charge in [0.25, 0.3) is 0 Å². The number of nitrogens with zero attached hydrogens (tertiary/aromatic N) is 4. The minimum absolute atomic E-state index is 0. The first-order valence-corrected chi connectivity index (χ1v) is 9.93. The number of carbonyl (C=O) groups is 2. The highest BCUT2D eigenvalue weighted by Gasteiger charge is 2.28. The molecule has 1 saturated heterocycles. The summed E-state index contributed by atoms with van der Waals surface area (Å²) in [4.78, 5) is 43.2. The number of piperazine rings is 1. The smallest absolute Gasteiger partial charge is 0.449 e. The standard InChI is InChI=1S/C19H21ClN4O5.ClH/c20-14-10-13-16(26)15(29-19(27)28)11-24(12-2-3-12)17(13)21-18(14)23-7-5-22(6-8-23)4-1-9-25;/h9-12H,1-8H2,(H,27,28);1H. The van der Waals surface area contributed by atoms with E-state index >= 15 is 0 Å². The van der Waals surface area contributed by atoms with Crippen LogP contribution < -0.4 is 15.1 Å². The van der Waals surface area contributed by atoms with E-state index in [1.54, 1.807) is 6.07 Å². The van der Waals surface area contributed by atoms with Gasteiger partial charge in [0.1, 0.15) is 17.8 Å². The molecule has 1 aliphatic carbocycles. The van der Waals surface area contributed by atoms with Crippen LogP contribution in [0, 0.1) is 0 Å². The van der Waals surface area contributed by atoms with Crippen molar-refractivity contribution >= 4 is 53.3 Å². The molecule has 0 aromatic carbocycles. The summed E-state index contributed by atoms with van der Waals surface area (Å²) in [5, 5.41) is 9.49. The predicted molar refractivity (Wildman–Crippen MR) is 115 cm³/mol. The molecule has 0 atom stereocenters. The number of anilines is 1. The van der Waals surface area contributed by atoms with Gasteiger partial charge in [0.15, 0.2) is 5.75 Å². The fourth-order valence-corrected chi connectivity index (χ4v) is 3.92. The number of ether oxygens (including phenoxy) is 1. The molecule has 0 radical (unpaired) electrons. The molecule has 2 aliphatic rings. The maximum absolute atomic E-state index is 12.7. The van der Waals surface area contributed by atoms with E-state index in [9.17, 15) is 14.4 Å². The summed E-state index contributed by atoms with van der Waals surface area (Å²) in [6, 6.07) is 1.71. The monoisotopic (exact) mass is 456 g/mol. The van der Waals surface area contributed by atoms with Gasteiger partial charge < -0.3 is 24.1 Å². The van der Waals surface area contributed by atoms with Crippen LogP contribution in [0.2, 0.25) is 5.02 Å². The van der Waals surface area contributed by atoms with Crippen molar-refractivity contribution in [3.05, 3.63) is 27.5 Å². The van der Waals surface area contributed by atoms with Crippen molar-refractivity contribution in [1.82, 2.24) is 14.5 Å². The number of halogens is 2. The van der Waals surface area contributed by atoms with Gasteiger partial charge in [-0.1, -0.05) is 11.6 Å². The Morgan fingerprint density at radius 3 is 2.60 bits per heavy atom. The molecule has 2 fully saturated rings. The lowest BCUT2D eigenvalue weighted by Crippen LogP contribution is -2.47. The lowest BCUT2D eigenvalue weighted by Gasteiger charge is -2.35. The number of hydrogen-bond donors (Lipinski definition) is 1. The Balaban J connectivity index is 0.00000256. The van der Waals surface area contributed by atoms with E-state index in [2.05, 4.69) is 14.5 Å². The maximum atomic E-state index is 12.7. The lowest BCUT2D eigenvalue weighted by atomic mass is 10.2. The second-order valence-corrected chi connectivity index (χ2v) is 7.69. The lowest BCUT2D eigenvalue weighted by molar-refractivity contribution is -0.108.